The Hall–Kier alpha value is -3.34. The second-order valence-corrected chi connectivity index (χ2v) is 7.95. The molecule has 3 aromatic rings. The molecule has 0 radical (unpaired) electrons. The van der Waals surface area contributed by atoms with Crippen molar-refractivity contribution in [1.82, 2.24) is 0 Å². The van der Waals surface area contributed by atoms with Crippen LogP contribution in [0.15, 0.2) is 72.8 Å². The van der Waals surface area contributed by atoms with Crippen molar-refractivity contribution in [3.8, 4) is 5.75 Å². The third-order valence-electron chi connectivity index (χ3n) is 5.74. The maximum atomic E-state index is 13.8. The van der Waals surface area contributed by atoms with E-state index in [4.69, 9.17) is 9.84 Å². The summed E-state index contributed by atoms with van der Waals surface area (Å²) in [5.41, 5.74) is 3.82. The van der Waals surface area contributed by atoms with Gasteiger partial charge in [-0.05, 0) is 59.9 Å². The van der Waals surface area contributed by atoms with Crippen LogP contribution in [0.25, 0.3) is 0 Å². The predicted octanol–water partition coefficient (Wildman–Crippen LogP) is 5.44. The Kier molecular flexibility index (Phi) is 6.51. The van der Waals surface area contributed by atoms with Crippen LogP contribution in [0.1, 0.15) is 36.0 Å². The molecular formula is C26H26FNO3. The largest absolute Gasteiger partial charge is 0.489 e. The Morgan fingerprint density at radius 3 is 2.42 bits per heavy atom. The molecule has 1 saturated heterocycles. The molecule has 1 atom stereocenters. The van der Waals surface area contributed by atoms with Crippen LogP contribution in [-0.2, 0) is 17.8 Å². The van der Waals surface area contributed by atoms with Gasteiger partial charge in [-0.15, -0.1) is 0 Å². The minimum Gasteiger partial charge on any atom is -0.489 e. The maximum Gasteiger partial charge on any atom is 0.305 e. The van der Waals surface area contributed by atoms with Crippen LogP contribution in [0.4, 0.5) is 10.1 Å². The Balaban J connectivity index is 1.32. The molecule has 0 aliphatic carbocycles. The molecule has 31 heavy (non-hydrogen) atoms. The molecule has 3 aromatic carbocycles. The molecule has 5 heteroatoms. The van der Waals surface area contributed by atoms with Gasteiger partial charge in [-0.25, -0.2) is 4.39 Å². The third kappa shape index (κ3) is 5.43. The molecule has 0 aromatic heterocycles. The molecule has 1 aliphatic heterocycles. The molecule has 0 amide bonds. The molecule has 1 N–H and O–H groups in total. The zero-order valence-corrected chi connectivity index (χ0v) is 17.3. The molecule has 1 unspecified atom stereocenters. The lowest BCUT2D eigenvalue weighted by molar-refractivity contribution is -0.137. The van der Waals surface area contributed by atoms with Gasteiger partial charge >= 0.3 is 5.97 Å². The van der Waals surface area contributed by atoms with Crippen LogP contribution in [0.3, 0.4) is 0 Å². The number of carbonyl (C=O) groups is 1. The first-order valence-corrected chi connectivity index (χ1v) is 10.6. The number of hydrogen-bond donors (Lipinski definition) is 1. The van der Waals surface area contributed by atoms with Crippen LogP contribution in [0, 0.1) is 5.82 Å². The molecule has 1 fully saturated rings. The van der Waals surface area contributed by atoms with Crippen molar-refractivity contribution in [2.45, 2.75) is 38.3 Å². The van der Waals surface area contributed by atoms with Gasteiger partial charge < -0.3 is 14.7 Å². The SMILES string of the molecule is O=C(O)CC1CCCN1c1ccc(OCc2ccc(Cc3ccccc3F)cc2)cc1. The van der Waals surface area contributed by atoms with Crippen molar-refractivity contribution in [2.75, 3.05) is 11.4 Å². The molecule has 4 rings (SSSR count). The van der Waals surface area contributed by atoms with Gasteiger partial charge in [-0.3, -0.25) is 4.79 Å². The van der Waals surface area contributed by atoms with E-state index in [1.54, 1.807) is 6.07 Å². The highest BCUT2D eigenvalue weighted by Crippen LogP contribution is 2.29. The van der Waals surface area contributed by atoms with Crippen LogP contribution >= 0.6 is 0 Å². The van der Waals surface area contributed by atoms with E-state index in [1.807, 2.05) is 60.7 Å². The number of nitrogens with zero attached hydrogens (tertiary/aromatic N) is 1. The number of hydrogen-bond acceptors (Lipinski definition) is 3. The molecule has 0 bridgehead atoms. The fourth-order valence-electron chi connectivity index (χ4n) is 4.10. The van der Waals surface area contributed by atoms with Crippen molar-refractivity contribution in [3.63, 3.8) is 0 Å². The number of halogens is 1. The Bertz CT molecular complexity index is 1020. The normalized spacial score (nSPS) is 15.8. The van der Waals surface area contributed by atoms with E-state index in [1.165, 1.54) is 6.07 Å². The lowest BCUT2D eigenvalue weighted by Gasteiger charge is -2.25. The van der Waals surface area contributed by atoms with E-state index in [2.05, 4.69) is 4.90 Å². The lowest BCUT2D eigenvalue weighted by Crippen LogP contribution is -2.31. The molecule has 0 saturated carbocycles. The van der Waals surface area contributed by atoms with E-state index in [-0.39, 0.29) is 18.3 Å². The van der Waals surface area contributed by atoms with Crippen molar-refractivity contribution in [3.05, 3.63) is 95.3 Å². The number of benzene rings is 3. The zero-order chi connectivity index (χ0) is 21.6. The summed E-state index contributed by atoms with van der Waals surface area (Å²) in [6, 6.07) is 22.8. The fourth-order valence-corrected chi connectivity index (χ4v) is 4.10. The number of rotatable bonds is 8. The first-order chi connectivity index (χ1) is 15.1. The van der Waals surface area contributed by atoms with Crippen molar-refractivity contribution >= 4 is 11.7 Å². The van der Waals surface area contributed by atoms with E-state index < -0.39 is 5.97 Å². The smallest absolute Gasteiger partial charge is 0.305 e. The van der Waals surface area contributed by atoms with Gasteiger partial charge in [0.1, 0.15) is 18.2 Å². The van der Waals surface area contributed by atoms with Gasteiger partial charge in [0.15, 0.2) is 0 Å². The Morgan fingerprint density at radius 2 is 1.71 bits per heavy atom. The minimum atomic E-state index is -0.753. The summed E-state index contributed by atoms with van der Waals surface area (Å²) < 4.78 is 19.7. The number of carboxylic acid groups (broad SMARTS) is 1. The maximum absolute atomic E-state index is 13.8. The molecule has 1 aliphatic rings. The van der Waals surface area contributed by atoms with Crippen LogP contribution in [0.2, 0.25) is 0 Å². The Morgan fingerprint density at radius 1 is 1.00 bits per heavy atom. The van der Waals surface area contributed by atoms with Crippen LogP contribution in [0.5, 0.6) is 5.75 Å². The molecular weight excluding hydrogens is 393 g/mol. The van der Waals surface area contributed by atoms with Gasteiger partial charge in [-0.1, -0.05) is 42.5 Å². The summed E-state index contributed by atoms with van der Waals surface area (Å²) in [6.07, 6.45) is 2.67. The highest BCUT2D eigenvalue weighted by Gasteiger charge is 2.26. The van der Waals surface area contributed by atoms with Crippen LogP contribution in [-0.4, -0.2) is 23.7 Å². The summed E-state index contributed by atoms with van der Waals surface area (Å²) >= 11 is 0. The lowest BCUT2D eigenvalue weighted by atomic mass is 10.0. The topological polar surface area (TPSA) is 49.8 Å². The summed E-state index contributed by atoms with van der Waals surface area (Å²) in [5.74, 6) is -0.161. The van der Waals surface area contributed by atoms with Crippen molar-refractivity contribution < 1.29 is 19.0 Å². The second kappa shape index (κ2) is 9.65. The highest BCUT2D eigenvalue weighted by molar-refractivity contribution is 5.69. The average Bonchev–Trinajstić information content (AvgIpc) is 3.22. The average molecular weight is 419 g/mol. The first kappa shape index (κ1) is 20.9. The summed E-state index contributed by atoms with van der Waals surface area (Å²) in [6.45, 7) is 1.34. The molecule has 0 spiro atoms. The van der Waals surface area contributed by atoms with E-state index in [0.29, 0.717) is 18.6 Å². The highest BCUT2D eigenvalue weighted by atomic mass is 19.1. The van der Waals surface area contributed by atoms with Gasteiger partial charge in [0.05, 0.1) is 6.42 Å². The zero-order valence-electron chi connectivity index (χ0n) is 17.3. The standard InChI is InChI=1S/C26H26FNO3/c27-25-6-2-1-4-21(25)16-19-7-9-20(10-8-19)18-31-24-13-11-22(12-14-24)28-15-3-5-23(28)17-26(29)30/h1-2,4,6-14,23H,3,5,15-18H2,(H,29,30). The van der Waals surface area contributed by atoms with Crippen molar-refractivity contribution in [1.29, 1.82) is 0 Å². The van der Waals surface area contributed by atoms with Gasteiger partial charge in [-0.2, -0.15) is 0 Å². The van der Waals surface area contributed by atoms with Crippen molar-refractivity contribution in [2.24, 2.45) is 0 Å². The van der Waals surface area contributed by atoms with Gasteiger partial charge in [0, 0.05) is 24.7 Å². The summed E-state index contributed by atoms with van der Waals surface area (Å²) in [7, 11) is 0. The number of anilines is 1. The monoisotopic (exact) mass is 419 g/mol. The van der Waals surface area contributed by atoms with E-state index >= 15 is 0 Å². The van der Waals surface area contributed by atoms with E-state index in [9.17, 15) is 9.18 Å². The quantitative estimate of drug-likeness (QED) is 0.528. The molecule has 4 nitrogen and oxygen atoms in total. The minimum absolute atomic E-state index is 0.0622. The number of ether oxygens (including phenoxy) is 1. The summed E-state index contributed by atoms with van der Waals surface area (Å²) in [5, 5.41) is 9.10. The molecule has 1 heterocycles. The predicted molar refractivity (Wildman–Crippen MR) is 119 cm³/mol. The van der Waals surface area contributed by atoms with Gasteiger partial charge in [0.2, 0.25) is 0 Å². The third-order valence-corrected chi connectivity index (χ3v) is 5.74. The number of aliphatic carboxylic acids is 1. The summed E-state index contributed by atoms with van der Waals surface area (Å²) in [4.78, 5) is 13.2. The Labute approximate surface area is 181 Å². The molecule has 160 valence electrons. The fraction of sp³-hybridized carbons (Fsp3) is 0.269. The van der Waals surface area contributed by atoms with E-state index in [0.717, 1.165) is 42.0 Å². The first-order valence-electron chi connectivity index (χ1n) is 10.6. The van der Waals surface area contributed by atoms with Gasteiger partial charge in [0.25, 0.3) is 0 Å². The number of carboxylic acids is 1. The van der Waals surface area contributed by atoms with Crippen LogP contribution < -0.4 is 9.64 Å². The second-order valence-electron chi connectivity index (χ2n) is 7.95.